The Kier molecular flexibility index (Phi) is 3.00. The van der Waals surface area contributed by atoms with Crippen molar-refractivity contribution in [2.45, 2.75) is 12.5 Å². The van der Waals surface area contributed by atoms with Crippen LogP contribution in [0.4, 0.5) is 0 Å². The summed E-state index contributed by atoms with van der Waals surface area (Å²) in [5, 5.41) is 11.5. The van der Waals surface area contributed by atoms with Crippen LogP contribution in [0.15, 0.2) is 23.9 Å². The predicted octanol–water partition coefficient (Wildman–Crippen LogP) is 0.902. The van der Waals surface area contributed by atoms with E-state index in [1.54, 1.807) is 17.7 Å². The summed E-state index contributed by atoms with van der Waals surface area (Å²) >= 11 is 1.26. The van der Waals surface area contributed by atoms with Gasteiger partial charge < -0.3 is 10.4 Å². The number of carboxylic acids is 1. The molecule has 1 aromatic rings. The third-order valence-corrected chi connectivity index (χ3v) is 3.15. The summed E-state index contributed by atoms with van der Waals surface area (Å²) in [4.78, 5) is 26.6. The number of aliphatic carboxylic acids is 1. The van der Waals surface area contributed by atoms with Crippen LogP contribution in [0.5, 0.6) is 0 Å². The highest BCUT2D eigenvalue weighted by atomic mass is 32.1. The van der Waals surface area contributed by atoms with Crippen molar-refractivity contribution in [3.63, 3.8) is 0 Å². The number of carboxylic acid groups (broad SMARTS) is 1. The van der Waals surface area contributed by atoms with Crippen molar-refractivity contribution in [2.75, 3.05) is 0 Å². The van der Waals surface area contributed by atoms with Crippen molar-refractivity contribution < 1.29 is 14.7 Å². The van der Waals surface area contributed by atoms with Crippen LogP contribution < -0.4 is 5.32 Å². The highest BCUT2D eigenvalue weighted by Gasteiger charge is 2.25. The summed E-state index contributed by atoms with van der Waals surface area (Å²) < 4.78 is 0. The van der Waals surface area contributed by atoms with Gasteiger partial charge in [0, 0.05) is 6.04 Å². The molecule has 2 unspecified atom stereocenters. The van der Waals surface area contributed by atoms with E-state index in [1.807, 2.05) is 0 Å². The van der Waals surface area contributed by atoms with Crippen molar-refractivity contribution in [3.8, 4) is 0 Å². The standard InChI is InChI=1S/C10H10N2O3S/c13-9(8-4-11-5-16-8)12-7-2-1-6(3-7)10(14)15/h1-2,4-7H,3H2,(H,12,13)(H,14,15). The van der Waals surface area contributed by atoms with Crippen LogP contribution >= 0.6 is 11.3 Å². The van der Waals surface area contributed by atoms with Gasteiger partial charge in [-0.3, -0.25) is 14.6 Å². The number of hydrogen-bond donors (Lipinski definition) is 2. The maximum atomic E-state index is 11.6. The summed E-state index contributed by atoms with van der Waals surface area (Å²) in [6, 6.07) is -0.198. The van der Waals surface area contributed by atoms with E-state index in [9.17, 15) is 9.59 Å². The zero-order valence-electron chi connectivity index (χ0n) is 8.29. The Balaban J connectivity index is 1.91. The quantitative estimate of drug-likeness (QED) is 0.767. The topological polar surface area (TPSA) is 79.3 Å². The van der Waals surface area contributed by atoms with E-state index < -0.39 is 11.9 Å². The van der Waals surface area contributed by atoms with Crippen LogP contribution in [0, 0.1) is 5.92 Å². The lowest BCUT2D eigenvalue weighted by Crippen LogP contribution is -2.32. The van der Waals surface area contributed by atoms with Gasteiger partial charge >= 0.3 is 5.97 Å². The van der Waals surface area contributed by atoms with Gasteiger partial charge in [-0.15, -0.1) is 11.3 Å². The molecule has 0 fully saturated rings. The van der Waals surface area contributed by atoms with E-state index in [1.165, 1.54) is 17.5 Å². The smallest absolute Gasteiger partial charge is 0.310 e. The van der Waals surface area contributed by atoms with Crippen molar-refractivity contribution in [1.29, 1.82) is 0 Å². The van der Waals surface area contributed by atoms with Gasteiger partial charge in [-0.1, -0.05) is 12.2 Å². The van der Waals surface area contributed by atoms with E-state index in [2.05, 4.69) is 10.3 Å². The number of nitrogens with zero attached hydrogens (tertiary/aromatic N) is 1. The van der Waals surface area contributed by atoms with E-state index >= 15 is 0 Å². The average molecular weight is 238 g/mol. The first-order chi connectivity index (χ1) is 7.66. The summed E-state index contributed by atoms with van der Waals surface area (Å²) in [6.07, 6.45) is 5.24. The summed E-state index contributed by atoms with van der Waals surface area (Å²) in [5.41, 5.74) is 1.58. The van der Waals surface area contributed by atoms with Gasteiger partial charge in [0.05, 0.1) is 17.6 Å². The lowest BCUT2D eigenvalue weighted by atomic mass is 10.1. The molecule has 0 spiro atoms. The maximum Gasteiger partial charge on any atom is 0.310 e. The van der Waals surface area contributed by atoms with Crippen LogP contribution in [0.3, 0.4) is 0 Å². The van der Waals surface area contributed by atoms with Gasteiger partial charge in [0.25, 0.3) is 5.91 Å². The summed E-state index contributed by atoms with van der Waals surface area (Å²) in [5.74, 6) is -1.55. The molecule has 16 heavy (non-hydrogen) atoms. The summed E-state index contributed by atoms with van der Waals surface area (Å²) in [6.45, 7) is 0. The molecule has 1 amide bonds. The Labute approximate surface area is 95.8 Å². The molecule has 1 aliphatic rings. The SMILES string of the molecule is O=C(NC1C=CC(C(=O)O)C1)c1cncs1. The minimum absolute atomic E-state index is 0.198. The van der Waals surface area contributed by atoms with Gasteiger partial charge in [0.15, 0.2) is 0 Å². The molecule has 0 bridgehead atoms. The molecule has 2 atom stereocenters. The number of hydrogen-bond acceptors (Lipinski definition) is 4. The van der Waals surface area contributed by atoms with Crippen LogP contribution in [-0.4, -0.2) is 28.0 Å². The first-order valence-electron chi connectivity index (χ1n) is 4.77. The van der Waals surface area contributed by atoms with Crippen LogP contribution in [0.25, 0.3) is 0 Å². The van der Waals surface area contributed by atoms with Crippen molar-refractivity contribution in [3.05, 3.63) is 28.7 Å². The molecule has 5 nitrogen and oxygen atoms in total. The average Bonchev–Trinajstić information content (AvgIpc) is 2.87. The van der Waals surface area contributed by atoms with E-state index in [0.29, 0.717) is 11.3 Å². The third kappa shape index (κ3) is 2.27. The lowest BCUT2D eigenvalue weighted by molar-refractivity contribution is -0.140. The van der Waals surface area contributed by atoms with Crippen LogP contribution in [0.1, 0.15) is 16.1 Å². The molecular formula is C10H10N2O3S. The number of carbonyl (C=O) groups is 2. The van der Waals surface area contributed by atoms with E-state index in [-0.39, 0.29) is 11.9 Å². The molecule has 2 N–H and O–H groups in total. The zero-order chi connectivity index (χ0) is 11.5. The van der Waals surface area contributed by atoms with Crippen LogP contribution in [0.2, 0.25) is 0 Å². The van der Waals surface area contributed by atoms with Gasteiger partial charge in [-0.05, 0) is 6.42 Å². The second kappa shape index (κ2) is 4.44. The molecule has 84 valence electrons. The Bertz CT molecular complexity index is 427. The van der Waals surface area contributed by atoms with Gasteiger partial charge in [-0.25, -0.2) is 0 Å². The maximum absolute atomic E-state index is 11.6. The van der Waals surface area contributed by atoms with Crippen LogP contribution in [-0.2, 0) is 4.79 Å². The number of carbonyl (C=O) groups excluding carboxylic acids is 1. The first-order valence-corrected chi connectivity index (χ1v) is 5.65. The highest BCUT2D eigenvalue weighted by molar-refractivity contribution is 7.11. The second-order valence-electron chi connectivity index (χ2n) is 3.51. The second-order valence-corrected chi connectivity index (χ2v) is 4.40. The van der Waals surface area contributed by atoms with E-state index in [4.69, 9.17) is 5.11 Å². The molecule has 0 aliphatic heterocycles. The Hall–Kier alpha value is -1.69. The monoisotopic (exact) mass is 238 g/mol. The number of nitrogens with one attached hydrogen (secondary N) is 1. The number of aromatic nitrogens is 1. The van der Waals surface area contributed by atoms with E-state index in [0.717, 1.165) is 0 Å². The van der Waals surface area contributed by atoms with Crippen molar-refractivity contribution in [2.24, 2.45) is 5.92 Å². The fourth-order valence-corrected chi connectivity index (χ4v) is 2.08. The predicted molar refractivity (Wildman–Crippen MR) is 58.3 cm³/mol. The lowest BCUT2D eigenvalue weighted by Gasteiger charge is -2.10. The largest absolute Gasteiger partial charge is 0.481 e. The van der Waals surface area contributed by atoms with Gasteiger partial charge in [-0.2, -0.15) is 0 Å². The Morgan fingerprint density at radius 1 is 1.50 bits per heavy atom. The van der Waals surface area contributed by atoms with Gasteiger partial charge in [0.2, 0.25) is 0 Å². The van der Waals surface area contributed by atoms with Crippen molar-refractivity contribution in [1.82, 2.24) is 10.3 Å². The molecule has 0 saturated heterocycles. The molecule has 0 saturated carbocycles. The minimum Gasteiger partial charge on any atom is -0.481 e. The highest BCUT2D eigenvalue weighted by Crippen LogP contribution is 2.18. The molecule has 2 rings (SSSR count). The van der Waals surface area contributed by atoms with Crippen molar-refractivity contribution >= 4 is 23.2 Å². The fourth-order valence-electron chi connectivity index (χ4n) is 1.56. The fraction of sp³-hybridized carbons (Fsp3) is 0.300. The Morgan fingerprint density at radius 2 is 2.31 bits per heavy atom. The molecule has 0 aromatic carbocycles. The normalized spacial score (nSPS) is 23.2. The Morgan fingerprint density at radius 3 is 2.88 bits per heavy atom. The zero-order valence-corrected chi connectivity index (χ0v) is 9.11. The number of amides is 1. The molecule has 0 radical (unpaired) electrons. The van der Waals surface area contributed by atoms with Gasteiger partial charge in [0.1, 0.15) is 4.88 Å². The number of thiazole rings is 1. The minimum atomic E-state index is -0.856. The summed E-state index contributed by atoms with van der Waals surface area (Å²) in [7, 11) is 0. The molecular weight excluding hydrogens is 228 g/mol. The molecule has 1 aromatic heterocycles. The molecule has 1 heterocycles. The molecule has 6 heteroatoms. The number of rotatable bonds is 3. The third-order valence-electron chi connectivity index (χ3n) is 2.37. The first kappa shape index (κ1) is 10.8. The molecule has 1 aliphatic carbocycles.